The zero-order valence-corrected chi connectivity index (χ0v) is 10.8. The van der Waals surface area contributed by atoms with Crippen molar-refractivity contribution in [2.45, 2.75) is 33.1 Å². The number of rotatable bonds is 4. The van der Waals surface area contributed by atoms with Gasteiger partial charge >= 0.3 is 0 Å². The maximum absolute atomic E-state index is 4.34. The third kappa shape index (κ3) is 2.94. The van der Waals surface area contributed by atoms with Gasteiger partial charge in [0.2, 0.25) is 0 Å². The highest BCUT2D eigenvalue weighted by atomic mass is 15.0. The molecule has 4 nitrogen and oxygen atoms in total. The number of anilines is 1. The first-order chi connectivity index (χ1) is 8.26. The molecule has 1 aromatic rings. The molecule has 2 N–H and O–H groups in total. The van der Waals surface area contributed by atoms with Crippen LogP contribution in [-0.2, 0) is 0 Å². The molecule has 0 amide bonds. The molecule has 94 valence electrons. The Morgan fingerprint density at radius 1 is 1.29 bits per heavy atom. The van der Waals surface area contributed by atoms with Gasteiger partial charge in [0.1, 0.15) is 5.82 Å². The van der Waals surface area contributed by atoms with Gasteiger partial charge in [0.05, 0.1) is 5.69 Å². The summed E-state index contributed by atoms with van der Waals surface area (Å²) in [6, 6.07) is 0. The first kappa shape index (κ1) is 12.3. The number of nitrogens with zero attached hydrogens (tertiary/aromatic N) is 2. The van der Waals surface area contributed by atoms with Crippen LogP contribution in [0.5, 0.6) is 0 Å². The number of nitrogens with one attached hydrogen (secondary N) is 2. The molecule has 1 saturated heterocycles. The number of hydrogen-bond donors (Lipinski definition) is 2. The molecule has 1 aliphatic rings. The molecule has 0 radical (unpaired) electrons. The molecular formula is C13H22N4. The van der Waals surface area contributed by atoms with E-state index in [0.29, 0.717) is 5.41 Å². The zero-order chi connectivity index (χ0) is 12.1. The van der Waals surface area contributed by atoms with Crippen LogP contribution in [0.3, 0.4) is 0 Å². The van der Waals surface area contributed by atoms with Crippen molar-refractivity contribution in [3.8, 4) is 0 Å². The van der Waals surface area contributed by atoms with Gasteiger partial charge in [0, 0.05) is 18.9 Å². The maximum atomic E-state index is 4.34. The smallest absolute Gasteiger partial charge is 0.147 e. The van der Waals surface area contributed by atoms with E-state index in [-0.39, 0.29) is 0 Å². The summed E-state index contributed by atoms with van der Waals surface area (Å²) in [6.45, 7) is 7.56. The van der Waals surface area contributed by atoms with Gasteiger partial charge in [-0.25, -0.2) is 4.98 Å². The van der Waals surface area contributed by atoms with Crippen LogP contribution < -0.4 is 10.6 Å². The quantitative estimate of drug-likeness (QED) is 0.836. The number of piperidine rings is 1. The van der Waals surface area contributed by atoms with Crippen molar-refractivity contribution in [1.29, 1.82) is 0 Å². The van der Waals surface area contributed by atoms with Crippen molar-refractivity contribution in [3.05, 3.63) is 18.1 Å². The van der Waals surface area contributed by atoms with Gasteiger partial charge in [-0.15, -0.1) is 0 Å². The molecule has 0 aromatic carbocycles. The molecule has 0 saturated carbocycles. The first-order valence-corrected chi connectivity index (χ1v) is 6.48. The van der Waals surface area contributed by atoms with Crippen LogP contribution in [0, 0.1) is 12.3 Å². The predicted molar refractivity (Wildman–Crippen MR) is 70.1 cm³/mol. The van der Waals surface area contributed by atoms with Crippen molar-refractivity contribution in [1.82, 2.24) is 15.3 Å². The highest BCUT2D eigenvalue weighted by Crippen LogP contribution is 2.32. The third-order valence-corrected chi connectivity index (χ3v) is 3.93. The molecule has 4 heteroatoms. The molecule has 1 aliphatic heterocycles. The summed E-state index contributed by atoms with van der Waals surface area (Å²) in [4.78, 5) is 8.59. The first-order valence-electron chi connectivity index (χ1n) is 6.48. The summed E-state index contributed by atoms with van der Waals surface area (Å²) in [5.74, 6) is 0.929. The highest BCUT2D eigenvalue weighted by Gasteiger charge is 2.29. The SMILES string of the molecule is CCC1(CNc2nccnc2C)CCNCC1. The fraction of sp³-hybridized carbons (Fsp3) is 0.692. The second-order valence-electron chi connectivity index (χ2n) is 4.95. The number of aryl methyl sites for hydroxylation is 1. The summed E-state index contributed by atoms with van der Waals surface area (Å²) in [5, 5.41) is 6.90. The Kier molecular flexibility index (Phi) is 3.94. The molecule has 1 fully saturated rings. The monoisotopic (exact) mass is 234 g/mol. The van der Waals surface area contributed by atoms with Gasteiger partial charge in [-0.05, 0) is 44.7 Å². The number of aromatic nitrogens is 2. The summed E-state index contributed by atoms with van der Waals surface area (Å²) >= 11 is 0. The van der Waals surface area contributed by atoms with E-state index in [4.69, 9.17) is 0 Å². The van der Waals surface area contributed by atoms with Crippen LogP contribution in [0.1, 0.15) is 31.9 Å². The Morgan fingerprint density at radius 3 is 2.65 bits per heavy atom. The minimum absolute atomic E-state index is 0.426. The topological polar surface area (TPSA) is 49.8 Å². The van der Waals surface area contributed by atoms with E-state index in [2.05, 4.69) is 27.5 Å². The van der Waals surface area contributed by atoms with Crippen LogP contribution in [0.15, 0.2) is 12.4 Å². The average Bonchev–Trinajstić information content (AvgIpc) is 2.39. The molecule has 0 atom stereocenters. The Morgan fingerprint density at radius 2 is 2.00 bits per heavy atom. The fourth-order valence-electron chi connectivity index (χ4n) is 2.46. The van der Waals surface area contributed by atoms with Gasteiger partial charge in [-0.2, -0.15) is 0 Å². The van der Waals surface area contributed by atoms with E-state index < -0.39 is 0 Å². The average molecular weight is 234 g/mol. The molecule has 0 unspecified atom stereocenters. The van der Waals surface area contributed by atoms with E-state index >= 15 is 0 Å². The molecular weight excluding hydrogens is 212 g/mol. The predicted octanol–water partition coefficient (Wildman–Crippen LogP) is 1.98. The molecule has 2 heterocycles. The maximum Gasteiger partial charge on any atom is 0.147 e. The Balaban J connectivity index is 1.98. The molecule has 1 aromatic heterocycles. The van der Waals surface area contributed by atoms with Crippen LogP contribution in [0.2, 0.25) is 0 Å². The molecule has 17 heavy (non-hydrogen) atoms. The summed E-state index contributed by atoms with van der Waals surface area (Å²) in [7, 11) is 0. The highest BCUT2D eigenvalue weighted by molar-refractivity contribution is 5.38. The van der Waals surface area contributed by atoms with Gasteiger partial charge in [-0.3, -0.25) is 4.98 Å². The van der Waals surface area contributed by atoms with E-state index in [1.807, 2.05) is 6.92 Å². The Bertz CT molecular complexity index is 358. The van der Waals surface area contributed by atoms with E-state index in [0.717, 1.165) is 31.1 Å². The van der Waals surface area contributed by atoms with Gasteiger partial charge in [-0.1, -0.05) is 6.92 Å². The normalized spacial score (nSPS) is 18.9. The summed E-state index contributed by atoms with van der Waals surface area (Å²) < 4.78 is 0. The summed E-state index contributed by atoms with van der Waals surface area (Å²) in [5.41, 5.74) is 1.41. The second-order valence-corrected chi connectivity index (χ2v) is 4.95. The van der Waals surface area contributed by atoms with Gasteiger partial charge in [0.15, 0.2) is 0 Å². The lowest BCUT2D eigenvalue weighted by Gasteiger charge is -2.37. The van der Waals surface area contributed by atoms with Crippen molar-refractivity contribution >= 4 is 5.82 Å². The van der Waals surface area contributed by atoms with E-state index in [1.54, 1.807) is 12.4 Å². The van der Waals surface area contributed by atoms with Crippen molar-refractivity contribution in [2.24, 2.45) is 5.41 Å². The van der Waals surface area contributed by atoms with E-state index in [9.17, 15) is 0 Å². The molecule has 0 spiro atoms. The molecule has 0 aliphatic carbocycles. The second kappa shape index (κ2) is 5.45. The van der Waals surface area contributed by atoms with Crippen LogP contribution >= 0.6 is 0 Å². The minimum Gasteiger partial charge on any atom is -0.368 e. The standard InChI is InChI=1S/C13H22N4/c1-3-13(4-6-14-7-5-13)10-17-12-11(2)15-8-9-16-12/h8-9,14H,3-7,10H2,1-2H3,(H,16,17). The van der Waals surface area contributed by atoms with Crippen molar-refractivity contribution < 1.29 is 0 Å². The Hall–Kier alpha value is -1.16. The molecule has 2 rings (SSSR count). The zero-order valence-electron chi connectivity index (χ0n) is 10.8. The lowest BCUT2D eigenvalue weighted by Crippen LogP contribution is -2.40. The summed E-state index contributed by atoms with van der Waals surface area (Å²) in [6.07, 6.45) is 7.20. The van der Waals surface area contributed by atoms with Crippen LogP contribution in [0.25, 0.3) is 0 Å². The lowest BCUT2D eigenvalue weighted by atomic mass is 9.76. The van der Waals surface area contributed by atoms with Gasteiger partial charge in [0.25, 0.3) is 0 Å². The van der Waals surface area contributed by atoms with Gasteiger partial charge < -0.3 is 10.6 Å². The van der Waals surface area contributed by atoms with Crippen LogP contribution in [0.4, 0.5) is 5.82 Å². The molecule has 0 bridgehead atoms. The van der Waals surface area contributed by atoms with Crippen molar-refractivity contribution in [3.63, 3.8) is 0 Å². The largest absolute Gasteiger partial charge is 0.368 e. The number of hydrogen-bond acceptors (Lipinski definition) is 4. The Labute approximate surface area is 103 Å². The fourth-order valence-corrected chi connectivity index (χ4v) is 2.46. The van der Waals surface area contributed by atoms with E-state index in [1.165, 1.54) is 19.3 Å². The van der Waals surface area contributed by atoms with Crippen LogP contribution in [-0.4, -0.2) is 29.6 Å². The van der Waals surface area contributed by atoms with Crippen molar-refractivity contribution in [2.75, 3.05) is 25.0 Å². The third-order valence-electron chi connectivity index (χ3n) is 3.93. The lowest BCUT2D eigenvalue weighted by molar-refractivity contribution is 0.210. The minimum atomic E-state index is 0.426.